The van der Waals surface area contributed by atoms with Gasteiger partial charge in [-0.3, -0.25) is 14.2 Å². The number of hydrogen-bond acceptors (Lipinski definition) is 9. The molecule has 170 valence electrons. The van der Waals surface area contributed by atoms with Gasteiger partial charge < -0.3 is 14.5 Å². The topological polar surface area (TPSA) is 112 Å². The molecule has 11 heteroatoms. The lowest BCUT2D eigenvalue weighted by molar-refractivity contribution is -0.142. The number of nitrogens with zero attached hydrogens (tertiary/aromatic N) is 4. The summed E-state index contributed by atoms with van der Waals surface area (Å²) in [5.41, 5.74) is 2.27. The van der Waals surface area contributed by atoms with Crippen molar-refractivity contribution in [3.63, 3.8) is 0 Å². The average Bonchev–Trinajstić information content (AvgIpc) is 3.53. The quantitative estimate of drug-likeness (QED) is 0.279. The number of thiazole rings is 1. The first-order valence-electron chi connectivity index (χ1n) is 10.1. The molecule has 1 aromatic carbocycles. The number of nitrogens with one attached hydrogen (secondary N) is 1. The van der Waals surface area contributed by atoms with Crippen LogP contribution in [0.25, 0.3) is 17.1 Å². The Morgan fingerprint density at radius 3 is 2.76 bits per heavy atom. The molecule has 4 rings (SSSR count). The number of hydrogen-bond donors (Lipinski definition) is 1. The third kappa shape index (κ3) is 5.49. The molecule has 33 heavy (non-hydrogen) atoms. The SMILES string of the molecule is CCOC(=O)Cc1csc(NC(=O)CSc2nnc(-c3ccoc3C)n2-c2ccccc2)n1. The Labute approximate surface area is 198 Å². The van der Waals surface area contributed by atoms with Crippen molar-refractivity contribution in [2.75, 3.05) is 17.7 Å². The van der Waals surface area contributed by atoms with E-state index in [2.05, 4.69) is 20.5 Å². The van der Waals surface area contributed by atoms with Crippen LogP contribution in [0.4, 0.5) is 5.13 Å². The minimum Gasteiger partial charge on any atom is -0.469 e. The summed E-state index contributed by atoms with van der Waals surface area (Å²) in [5, 5.41) is 14.2. The van der Waals surface area contributed by atoms with E-state index in [0.717, 1.165) is 17.0 Å². The van der Waals surface area contributed by atoms with E-state index in [9.17, 15) is 9.59 Å². The van der Waals surface area contributed by atoms with Crippen LogP contribution >= 0.6 is 23.1 Å². The molecule has 0 aliphatic rings. The number of furan rings is 1. The number of esters is 1. The number of benzene rings is 1. The zero-order valence-electron chi connectivity index (χ0n) is 18.0. The van der Waals surface area contributed by atoms with Crippen LogP contribution in [-0.4, -0.2) is 44.0 Å². The maximum Gasteiger partial charge on any atom is 0.311 e. The molecule has 0 fully saturated rings. The van der Waals surface area contributed by atoms with Gasteiger partial charge in [0.2, 0.25) is 5.91 Å². The number of carbonyl (C=O) groups excluding carboxylic acids is 2. The Morgan fingerprint density at radius 2 is 2.03 bits per heavy atom. The van der Waals surface area contributed by atoms with Crippen LogP contribution in [-0.2, 0) is 20.7 Å². The Kier molecular flexibility index (Phi) is 7.20. The van der Waals surface area contributed by atoms with Gasteiger partial charge in [0.05, 0.1) is 36.3 Å². The number of thioether (sulfide) groups is 1. The maximum atomic E-state index is 12.5. The number of para-hydroxylation sites is 1. The summed E-state index contributed by atoms with van der Waals surface area (Å²) in [5.74, 6) is 0.901. The second kappa shape index (κ2) is 10.5. The van der Waals surface area contributed by atoms with Crippen LogP contribution in [0.5, 0.6) is 0 Å². The lowest BCUT2D eigenvalue weighted by Gasteiger charge is -2.09. The second-order valence-corrected chi connectivity index (χ2v) is 8.63. The highest BCUT2D eigenvalue weighted by atomic mass is 32.2. The molecular formula is C22H21N5O4S2. The fourth-order valence-corrected chi connectivity index (χ4v) is 4.53. The van der Waals surface area contributed by atoms with Crippen LogP contribution in [0.1, 0.15) is 18.4 Å². The van der Waals surface area contributed by atoms with Gasteiger partial charge in [-0.15, -0.1) is 21.5 Å². The molecule has 0 saturated heterocycles. The molecule has 1 amide bonds. The highest BCUT2D eigenvalue weighted by Gasteiger charge is 2.20. The van der Waals surface area contributed by atoms with E-state index >= 15 is 0 Å². The van der Waals surface area contributed by atoms with E-state index in [-0.39, 0.29) is 24.1 Å². The third-order valence-electron chi connectivity index (χ3n) is 4.51. The van der Waals surface area contributed by atoms with Crippen LogP contribution in [0.15, 0.2) is 57.6 Å². The van der Waals surface area contributed by atoms with E-state index in [1.807, 2.05) is 47.9 Å². The summed E-state index contributed by atoms with van der Waals surface area (Å²) in [6.07, 6.45) is 1.69. The lowest BCUT2D eigenvalue weighted by atomic mass is 10.2. The van der Waals surface area contributed by atoms with E-state index in [4.69, 9.17) is 9.15 Å². The van der Waals surface area contributed by atoms with Gasteiger partial charge in [0.1, 0.15) is 5.76 Å². The fourth-order valence-electron chi connectivity index (χ4n) is 3.06. The smallest absolute Gasteiger partial charge is 0.311 e. The summed E-state index contributed by atoms with van der Waals surface area (Å²) < 4.78 is 12.3. The van der Waals surface area contributed by atoms with E-state index in [1.165, 1.54) is 23.1 Å². The first kappa shape index (κ1) is 22.7. The number of ether oxygens (including phenoxy) is 1. The highest BCUT2D eigenvalue weighted by molar-refractivity contribution is 7.99. The summed E-state index contributed by atoms with van der Waals surface area (Å²) >= 11 is 2.53. The number of rotatable bonds is 9. The second-order valence-electron chi connectivity index (χ2n) is 6.83. The van der Waals surface area contributed by atoms with Crippen molar-refractivity contribution >= 4 is 40.1 Å². The van der Waals surface area contributed by atoms with Crippen LogP contribution in [0.2, 0.25) is 0 Å². The van der Waals surface area contributed by atoms with Gasteiger partial charge in [0.25, 0.3) is 0 Å². The molecule has 0 spiro atoms. The van der Waals surface area contributed by atoms with Gasteiger partial charge in [-0.2, -0.15) is 0 Å². The molecule has 0 unspecified atom stereocenters. The molecule has 9 nitrogen and oxygen atoms in total. The lowest BCUT2D eigenvalue weighted by Crippen LogP contribution is -2.15. The van der Waals surface area contributed by atoms with Gasteiger partial charge in [-0.1, -0.05) is 30.0 Å². The molecule has 0 radical (unpaired) electrons. The van der Waals surface area contributed by atoms with Crippen molar-refractivity contribution in [3.8, 4) is 17.1 Å². The summed E-state index contributed by atoms with van der Waals surface area (Å²) in [7, 11) is 0. The van der Waals surface area contributed by atoms with Crippen LogP contribution in [0.3, 0.4) is 0 Å². The number of aromatic nitrogens is 4. The van der Waals surface area contributed by atoms with E-state index in [0.29, 0.717) is 28.4 Å². The van der Waals surface area contributed by atoms with Crippen molar-refractivity contribution in [2.24, 2.45) is 0 Å². The monoisotopic (exact) mass is 483 g/mol. The molecule has 0 saturated carbocycles. The Balaban J connectivity index is 1.46. The van der Waals surface area contributed by atoms with Gasteiger partial charge >= 0.3 is 5.97 Å². The minimum atomic E-state index is -0.347. The Morgan fingerprint density at radius 1 is 1.21 bits per heavy atom. The average molecular weight is 484 g/mol. The number of aryl methyl sites for hydroxylation is 1. The van der Waals surface area contributed by atoms with Crippen LogP contribution in [0, 0.1) is 6.92 Å². The van der Waals surface area contributed by atoms with E-state index in [1.54, 1.807) is 18.6 Å². The number of carbonyl (C=O) groups is 2. The zero-order chi connectivity index (χ0) is 23.2. The fraction of sp³-hybridized carbons (Fsp3) is 0.227. The molecule has 0 aliphatic carbocycles. The number of anilines is 1. The summed E-state index contributed by atoms with van der Waals surface area (Å²) in [4.78, 5) is 28.4. The summed E-state index contributed by atoms with van der Waals surface area (Å²) in [6, 6.07) is 11.5. The molecule has 0 bridgehead atoms. The molecule has 0 atom stereocenters. The number of amides is 1. The van der Waals surface area contributed by atoms with Gasteiger partial charge in [0, 0.05) is 11.1 Å². The standard InChI is InChI=1S/C22H21N5O4S2/c1-3-30-19(29)11-15-12-32-21(23-15)24-18(28)13-33-22-26-25-20(17-9-10-31-14(17)2)27(22)16-7-5-4-6-8-16/h4-10,12H,3,11,13H2,1-2H3,(H,23,24,28). The molecule has 1 N–H and O–H groups in total. The zero-order valence-corrected chi connectivity index (χ0v) is 19.6. The largest absolute Gasteiger partial charge is 0.469 e. The van der Waals surface area contributed by atoms with Crippen molar-refractivity contribution in [2.45, 2.75) is 25.4 Å². The molecule has 3 heterocycles. The minimum absolute atomic E-state index is 0.0747. The third-order valence-corrected chi connectivity index (χ3v) is 6.24. The Bertz CT molecular complexity index is 1250. The first-order chi connectivity index (χ1) is 16.0. The normalized spacial score (nSPS) is 10.8. The molecule has 3 aromatic heterocycles. The van der Waals surface area contributed by atoms with Crippen LogP contribution < -0.4 is 5.32 Å². The van der Waals surface area contributed by atoms with Gasteiger partial charge in [-0.25, -0.2) is 4.98 Å². The summed E-state index contributed by atoms with van der Waals surface area (Å²) in [6.45, 7) is 3.93. The highest BCUT2D eigenvalue weighted by Crippen LogP contribution is 2.30. The predicted molar refractivity (Wildman–Crippen MR) is 126 cm³/mol. The molecule has 4 aromatic rings. The van der Waals surface area contributed by atoms with Crippen molar-refractivity contribution in [1.29, 1.82) is 0 Å². The van der Waals surface area contributed by atoms with Gasteiger partial charge in [0.15, 0.2) is 16.1 Å². The first-order valence-corrected chi connectivity index (χ1v) is 12.0. The Hall–Kier alpha value is -3.44. The predicted octanol–water partition coefficient (Wildman–Crippen LogP) is 4.13. The van der Waals surface area contributed by atoms with Gasteiger partial charge in [-0.05, 0) is 32.0 Å². The maximum absolute atomic E-state index is 12.5. The van der Waals surface area contributed by atoms with Crippen molar-refractivity contribution < 1.29 is 18.7 Å². The molecular weight excluding hydrogens is 462 g/mol. The van der Waals surface area contributed by atoms with Crippen molar-refractivity contribution in [3.05, 3.63) is 59.5 Å². The molecule has 0 aliphatic heterocycles. The van der Waals surface area contributed by atoms with E-state index < -0.39 is 0 Å². The van der Waals surface area contributed by atoms with Crippen molar-refractivity contribution in [1.82, 2.24) is 19.7 Å².